The van der Waals surface area contributed by atoms with Crippen LogP contribution in [0.2, 0.25) is 18.1 Å². The molecule has 1 N–H and O–H groups in total. The highest BCUT2D eigenvalue weighted by Crippen LogP contribution is 2.35. The third-order valence-electron chi connectivity index (χ3n) is 4.50. The van der Waals surface area contributed by atoms with Gasteiger partial charge in [0.2, 0.25) is 10.0 Å². The second-order valence-corrected chi connectivity index (χ2v) is 15.1. The Morgan fingerprint density at radius 3 is 2.24 bits per heavy atom. The zero-order valence-electron chi connectivity index (χ0n) is 16.4. The van der Waals surface area contributed by atoms with Crippen molar-refractivity contribution >= 4 is 24.2 Å². The molecule has 0 spiro atoms. The van der Waals surface area contributed by atoms with E-state index in [2.05, 4.69) is 4.39 Å². The van der Waals surface area contributed by atoms with E-state index in [0.29, 0.717) is 6.54 Å². The van der Waals surface area contributed by atoms with Crippen LogP contribution in [0, 0.1) is 0 Å². The third-order valence-corrected chi connectivity index (χ3v) is 12.3. The number of methoxy groups -OCH3 is 1. The lowest BCUT2D eigenvalue weighted by atomic mass is 10.1. The summed E-state index contributed by atoms with van der Waals surface area (Å²) in [5.74, 6) is -0.656. The summed E-state index contributed by atoms with van der Waals surface area (Å²) < 4.78 is 33.6. The molecule has 142 valence electrons. The Labute approximate surface area is 152 Å². The van der Waals surface area contributed by atoms with E-state index >= 15 is 0 Å². The molecule has 8 heteroatoms. The molecule has 0 saturated heterocycles. The molecule has 1 aromatic carbocycles. The van der Waals surface area contributed by atoms with Crippen molar-refractivity contribution in [1.29, 1.82) is 0 Å². The lowest BCUT2D eigenvalue weighted by Crippen LogP contribution is -2.54. The molecule has 6 nitrogen and oxygen atoms in total. The summed E-state index contributed by atoms with van der Waals surface area (Å²) in [6, 6.07) is 4.80. The normalized spacial score (nSPS) is 13.2. The van der Waals surface area contributed by atoms with Gasteiger partial charge in [0.1, 0.15) is 8.24 Å². The predicted molar refractivity (Wildman–Crippen MR) is 103 cm³/mol. The number of carbonyl (C=O) groups is 1. The standard InChI is InChI=1S/C17H30N2O4SSi/c1-17(2,3)25(7,8)18-24(21,22)15-10-9-13(12-19(4)5)11-14(15)16(20)23-6/h9-11,18H,12H2,1-8H3. The monoisotopic (exact) mass is 386 g/mol. The van der Waals surface area contributed by atoms with Crippen molar-refractivity contribution in [3.63, 3.8) is 0 Å². The van der Waals surface area contributed by atoms with Gasteiger partial charge in [-0.1, -0.05) is 39.9 Å². The van der Waals surface area contributed by atoms with E-state index in [0.717, 1.165) is 5.56 Å². The number of ether oxygens (including phenoxy) is 1. The van der Waals surface area contributed by atoms with Gasteiger partial charge in [0.25, 0.3) is 0 Å². The Morgan fingerprint density at radius 2 is 1.80 bits per heavy atom. The maximum Gasteiger partial charge on any atom is 0.339 e. The third kappa shape index (κ3) is 5.37. The van der Waals surface area contributed by atoms with Crippen LogP contribution in [0.3, 0.4) is 0 Å². The number of benzene rings is 1. The largest absolute Gasteiger partial charge is 0.465 e. The van der Waals surface area contributed by atoms with Crippen LogP contribution in [-0.2, 0) is 21.3 Å². The summed E-state index contributed by atoms with van der Waals surface area (Å²) >= 11 is 0. The Hall–Kier alpha value is -1.22. The van der Waals surface area contributed by atoms with E-state index in [9.17, 15) is 13.2 Å². The molecule has 25 heavy (non-hydrogen) atoms. The van der Waals surface area contributed by atoms with E-state index in [1.54, 1.807) is 12.1 Å². The van der Waals surface area contributed by atoms with Crippen LogP contribution in [0.4, 0.5) is 0 Å². The molecule has 0 fully saturated rings. The van der Waals surface area contributed by atoms with Gasteiger partial charge in [-0.05, 0) is 36.8 Å². The van der Waals surface area contributed by atoms with Gasteiger partial charge in [-0.2, -0.15) is 0 Å². The number of hydrogen-bond donors (Lipinski definition) is 1. The highest BCUT2D eigenvalue weighted by atomic mass is 32.2. The van der Waals surface area contributed by atoms with Crippen LogP contribution in [0.1, 0.15) is 36.7 Å². The molecule has 0 aliphatic rings. The first-order chi connectivity index (χ1) is 11.2. The van der Waals surface area contributed by atoms with Gasteiger partial charge in [0, 0.05) is 6.54 Å². The number of carbonyl (C=O) groups excluding carboxylic acids is 1. The fourth-order valence-corrected chi connectivity index (χ4v) is 7.12. The molecule has 0 atom stereocenters. The molecule has 0 saturated carbocycles. The maximum absolute atomic E-state index is 13.0. The number of nitrogens with one attached hydrogen (secondary N) is 1. The maximum atomic E-state index is 13.0. The van der Waals surface area contributed by atoms with Gasteiger partial charge >= 0.3 is 5.97 Å². The summed E-state index contributed by atoms with van der Waals surface area (Å²) in [5.41, 5.74) is 0.907. The molecule has 0 amide bonds. The minimum absolute atomic E-state index is 0.0355. The van der Waals surface area contributed by atoms with Gasteiger partial charge in [0.05, 0.1) is 17.6 Å². The number of rotatable bonds is 6. The van der Waals surface area contributed by atoms with Crippen molar-refractivity contribution in [2.24, 2.45) is 0 Å². The van der Waals surface area contributed by atoms with Crippen molar-refractivity contribution in [2.75, 3.05) is 21.2 Å². The molecule has 1 rings (SSSR count). The van der Waals surface area contributed by atoms with Gasteiger partial charge < -0.3 is 9.64 Å². The SMILES string of the molecule is COC(=O)c1cc(CN(C)C)ccc1S(=O)(=O)N[Si](C)(C)C(C)(C)C. The topological polar surface area (TPSA) is 75.7 Å². The smallest absolute Gasteiger partial charge is 0.339 e. The van der Waals surface area contributed by atoms with Crippen LogP contribution >= 0.6 is 0 Å². The first-order valence-corrected chi connectivity index (χ1v) is 12.6. The Bertz CT molecular complexity index is 738. The average molecular weight is 387 g/mol. The van der Waals surface area contributed by atoms with Crippen molar-refractivity contribution < 1.29 is 17.9 Å². The number of nitrogens with zero attached hydrogens (tertiary/aromatic N) is 1. The van der Waals surface area contributed by atoms with Gasteiger partial charge in [0.15, 0.2) is 0 Å². The highest BCUT2D eigenvalue weighted by molar-refractivity contribution is 7.91. The quantitative estimate of drug-likeness (QED) is 0.601. The zero-order valence-corrected chi connectivity index (χ0v) is 18.2. The average Bonchev–Trinajstić information content (AvgIpc) is 2.43. The van der Waals surface area contributed by atoms with Crippen LogP contribution < -0.4 is 4.39 Å². The van der Waals surface area contributed by atoms with Crippen LogP contribution in [0.25, 0.3) is 0 Å². The van der Waals surface area contributed by atoms with Gasteiger partial charge in [-0.15, -0.1) is 0 Å². The lowest BCUT2D eigenvalue weighted by molar-refractivity contribution is 0.0596. The van der Waals surface area contributed by atoms with E-state index in [1.807, 2.05) is 52.9 Å². The van der Waals surface area contributed by atoms with Crippen LogP contribution in [0.15, 0.2) is 23.1 Å². The van der Waals surface area contributed by atoms with E-state index < -0.39 is 24.2 Å². The Balaban J connectivity index is 3.41. The molecule has 1 aromatic rings. The second kappa shape index (κ2) is 7.57. The summed E-state index contributed by atoms with van der Waals surface area (Å²) in [5, 5.41) is -0.170. The van der Waals surface area contributed by atoms with Crippen molar-refractivity contribution in [3.8, 4) is 0 Å². The Morgan fingerprint density at radius 1 is 1.24 bits per heavy atom. The molecule has 0 bridgehead atoms. The number of sulfonamides is 1. The highest BCUT2D eigenvalue weighted by Gasteiger charge is 2.40. The first-order valence-electron chi connectivity index (χ1n) is 8.11. The number of esters is 1. The van der Waals surface area contributed by atoms with Crippen LogP contribution in [0.5, 0.6) is 0 Å². The summed E-state index contributed by atoms with van der Waals surface area (Å²) in [6.07, 6.45) is 0. The molecule has 0 aliphatic carbocycles. The zero-order chi connectivity index (χ0) is 19.6. The fourth-order valence-electron chi connectivity index (χ4n) is 2.09. The fraction of sp³-hybridized carbons (Fsp3) is 0.588. The summed E-state index contributed by atoms with van der Waals surface area (Å²) in [6.45, 7) is 10.6. The van der Waals surface area contributed by atoms with Crippen molar-refractivity contribution in [3.05, 3.63) is 29.3 Å². The van der Waals surface area contributed by atoms with Gasteiger partial charge in [-0.25, -0.2) is 17.6 Å². The van der Waals surface area contributed by atoms with Gasteiger partial charge in [-0.3, -0.25) is 0 Å². The molecule has 0 aromatic heterocycles. The van der Waals surface area contributed by atoms with Crippen molar-refractivity contribution in [2.45, 2.75) is 50.3 Å². The molecule has 0 aliphatic heterocycles. The minimum atomic E-state index is -3.83. The second-order valence-electron chi connectivity index (χ2n) is 8.04. The first kappa shape index (κ1) is 21.8. The van der Waals surface area contributed by atoms with E-state index in [1.165, 1.54) is 13.2 Å². The molecular formula is C17H30N2O4SSi. The molecular weight excluding hydrogens is 356 g/mol. The van der Waals surface area contributed by atoms with E-state index in [-0.39, 0.29) is 15.5 Å². The Kier molecular flexibility index (Phi) is 6.61. The van der Waals surface area contributed by atoms with Crippen LogP contribution in [-0.4, -0.2) is 48.7 Å². The molecule has 0 radical (unpaired) electrons. The summed E-state index contributed by atoms with van der Waals surface area (Å²) in [7, 11) is -1.11. The summed E-state index contributed by atoms with van der Waals surface area (Å²) in [4.78, 5) is 14.1. The molecule has 0 heterocycles. The lowest BCUT2D eigenvalue weighted by Gasteiger charge is -2.36. The molecule has 0 unspecified atom stereocenters. The minimum Gasteiger partial charge on any atom is -0.465 e. The van der Waals surface area contributed by atoms with E-state index in [4.69, 9.17) is 4.74 Å². The van der Waals surface area contributed by atoms with Crippen molar-refractivity contribution in [1.82, 2.24) is 9.29 Å². The number of hydrogen-bond acceptors (Lipinski definition) is 5. The predicted octanol–water partition coefficient (Wildman–Crippen LogP) is 2.82.